The number of aliphatic hydroxyl groups excluding tert-OH is 1. The summed E-state index contributed by atoms with van der Waals surface area (Å²) in [6.45, 7) is 21.5. The molecule has 2 aromatic carbocycles. The predicted molar refractivity (Wildman–Crippen MR) is 268 cm³/mol. The maximum absolute atomic E-state index is 14.2. The molecular weight excluding hydrogens is 914 g/mol. The zero-order valence-corrected chi connectivity index (χ0v) is 42.7. The summed E-state index contributed by atoms with van der Waals surface area (Å²) in [5, 5.41) is 29.5. The minimum Gasteiger partial charge on any atom is -0.489 e. The summed E-state index contributed by atoms with van der Waals surface area (Å²) in [5.74, 6) is 0.172. The van der Waals surface area contributed by atoms with E-state index in [0.717, 1.165) is 53.7 Å². The van der Waals surface area contributed by atoms with E-state index in [1.54, 1.807) is 41.8 Å². The van der Waals surface area contributed by atoms with Crippen molar-refractivity contribution in [2.75, 3.05) is 44.2 Å². The highest BCUT2D eigenvalue weighted by Gasteiger charge is 2.64. The molecule has 2 aromatic heterocycles. The number of ether oxygens (including phenoxy) is 1. The number of hydrogen-bond acceptors (Lipinski definition) is 12. The fourth-order valence-corrected chi connectivity index (χ4v) is 11.5. The van der Waals surface area contributed by atoms with E-state index in [-0.39, 0.29) is 61.2 Å². The number of carbonyl (C=O) groups excluding carboxylic acids is 4. The van der Waals surface area contributed by atoms with Crippen LogP contribution in [0.25, 0.3) is 10.4 Å². The van der Waals surface area contributed by atoms with E-state index in [0.29, 0.717) is 34.9 Å². The number of nitriles is 1. The lowest BCUT2D eigenvalue weighted by molar-refractivity contribution is -0.164. The number of pyridine rings is 1. The second-order valence-electron chi connectivity index (χ2n) is 21.0. The maximum atomic E-state index is 14.2. The Bertz CT molecular complexity index is 2530. The van der Waals surface area contributed by atoms with Crippen LogP contribution in [0.4, 0.5) is 5.82 Å². The highest BCUT2D eigenvalue weighted by molar-refractivity contribution is 7.13. The van der Waals surface area contributed by atoms with Gasteiger partial charge in [0.1, 0.15) is 35.8 Å². The molecule has 2 saturated heterocycles. The highest BCUT2D eigenvalue weighted by Crippen LogP contribution is 2.55. The van der Waals surface area contributed by atoms with Gasteiger partial charge < -0.3 is 35.6 Å². The minimum absolute atomic E-state index is 0.00609. The van der Waals surface area contributed by atoms with E-state index in [1.165, 1.54) is 4.90 Å². The molecule has 4 N–H and O–H groups in total. The molecule has 0 spiro atoms. The molecule has 1 aliphatic carbocycles. The zero-order valence-electron chi connectivity index (χ0n) is 41.1. The monoisotopic (exact) mass is 979 g/mol. The zero-order chi connectivity index (χ0) is 50.0. The Kier molecular flexibility index (Phi) is 15.4. The van der Waals surface area contributed by atoms with Crippen LogP contribution in [0.1, 0.15) is 108 Å². The first-order valence-electron chi connectivity index (χ1n) is 23.8. The third-order valence-electron chi connectivity index (χ3n) is 14.1. The van der Waals surface area contributed by atoms with Crippen LogP contribution in [0.2, 0.25) is 5.02 Å². The van der Waals surface area contributed by atoms with E-state index in [9.17, 15) is 29.5 Å². The van der Waals surface area contributed by atoms with Gasteiger partial charge in [0.15, 0.2) is 0 Å². The molecule has 4 amide bonds. The number of piperazine rings is 1. The van der Waals surface area contributed by atoms with E-state index in [2.05, 4.69) is 69.5 Å². The van der Waals surface area contributed by atoms with Gasteiger partial charge in [-0.1, -0.05) is 84.3 Å². The number of likely N-dealkylation sites (tertiary alicyclic amines) is 1. The molecule has 17 heteroatoms. The fourth-order valence-electron chi connectivity index (χ4n) is 10.4. The summed E-state index contributed by atoms with van der Waals surface area (Å²) in [4.78, 5) is 70.9. The SMILES string of the molecule is Cc1ncsc1-c1ccc([C@H](C)NC(=O)[C@@H]2C[C@@H](O)CN2C(=O)C(NC(=O)CCCN2CCN(c3ccc(C(=O)NC4C(C)(C)C(Oc5ccc(C#N)c(Cl)c5)C4(C)C)cn3)CC2)C(C)(C)C)cc1. The number of aryl methyl sites for hydroxylation is 1. The minimum atomic E-state index is -0.898. The van der Waals surface area contributed by atoms with Crippen LogP contribution in [-0.2, 0) is 14.4 Å². The van der Waals surface area contributed by atoms with Crippen molar-refractivity contribution in [2.45, 2.75) is 118 Å². The maximum Gasteiger partial charge on any atom is 0.253 e. The number of aliphatic hydroxyl groups is 1. The number of benzene rings is 2. The third-order valence-corrected chi connectivity index (χ3v) is 15.4. The second-order valence-corrected chi connectivity index (χ2v) is 22.3. The van der Waals surface area contributed by atoms with Gasteiger partial charge in [-0.15, -0.1) is 11.3 Å². The Morgan fingerprint density at radius 3 is 2.28 bits per heavy atom. The number of aromatic nitrogens is 2. The summed E-state index contributed by atoms with van der Waals surface area (Å²) in [5.41, 5.74) is 4.15. The molecule has 4 aromatic rings. The van der Waals surface area contributed by atoms with Crippen molar-refractivity contribution in [2.24, 2.45) is 16.2 Å². The summed E-state index contributed by atoms with van der Waals surface area (Å²) < 4.78 is 6.37. The van der Waals surface area contributed by atoms with Gasteiger partial charge in [-0.2, -0.15) is 5.26 Å². The summed E-state index contributed by atoms with van der Waals surface area (Å²) in [7, 11) is 0. The van der Waals surface area contributed by atoms with Crippen LogP contribution in [0, 0.1) is 34.5 Å². The number of rotatable bonds is 15. The number of nitrogens with zero attached hydrogens (tertiary/aromatic N) is 6. The van der Waals surface area contributed by atoms with Gasteiger partial charge >= 0.3 is 0 Å². The molecule has 4 heterocycles. The lowest BCUT2D eigenvalue weighted by Gasteiger charge is -2.63. The lowest BCUT2D eigenvalue weighted by Crippen LogP contribution is -2.74. The topological polar surface area (TPSA) is 193 Å². The van der Waals surface area contributed by atoms with Crippen LogP contribution in [0.15, 0.2) is 66.3 Å². The number of amides is 4. The van der Waals surface area contributed by atoms with Crippen molar-refractivity contribution in [3.63, 3.8) is 0 Å². The van der Waals surface area contributed by atoms with Crippen molar-refractivity contribution in [3.8, 4) is 22.3 Å². The Labute approximate surface area is 415 Å². The molecule has 3 aliphatic rings. The summed E-state index contributed by atoms with van der Waals surface area (Å²) in [6, 6.07) is 16.5. The molecule has 0 bridgehead atoms. The van der Waals surface area contributed by atoms with Crippen molar-refractivity contribution in [1.29, 1.82) is 5.26 Å². The van der Waals surface area contributed by atoms with Gasteiger partial charge in [0.05, 0.1) is 44.4 Å². The number of carbonyl (C=O) groups is 4. The van der Waals surface area contributed by atoms with Gasteiger partial charge in [-0.25, -0.2) is 9.97 Å². The van der Waals surface area contributed by atoms with Gasteiger partial charge in [0.25, 0.3) is 5.91 Å². The van der Waals surface area contributed by atoms with Gasteiger partial charge in [-0.3, -0.25) is 24.1 Å². The van der Waals surface area contributed by atoms with E-state index < -0.39 is 34.4 Å². The molecule has 69 heavy (non-hydrogen) atoms. The Hall–Kier alpha value is -5.60. The van der Waals surface area contributed by atoms with Crippen LogP contribution in [0.3, 0.4) is 0 Å². The Morgan fingerprint density at radius 1 is 0.986 bits per heavy atom. The van der Waals surface area contributed by atoms with Crippen molar-refractivity contribution >= 4 is 52.4 Å². The van der Waals surface area contributed by atoms with Crippen LogP contribution in [0.5, 0.6) is 5.75 Å². The molecule has 0 radical (unpaired) electrons. The molecule has 7 rings (SSSR count). The number of thiazole rings is 1. The quantitative estimate of drug-likeness (QED) is 0.0967. The number of β-amino-alcohol motifs (C(OH)–C–C–N with tert-alkyl or cyclic N) is 1. The smallest absolute Gasteiger partial charge is 0.253 e. The van der Waals surface area contributed by atoms with E-state index in [4.69, 9.17) is 16.3 Å². The first kappa shape index (κ1) is 51.3. The number of anilines is 1. The van der Waals surface area contributed by atoms with Crippen LogP contribution >= 0.6 is 22.9 Å². The van der Waals surface area contributed by atoms with Gasteiger partial charge in [0, 0.05) is 74.7 Å². The average molecular weight is 981 g/mol. The van der Waals surface area contributed by atoms with Crippen molar-refractivity contribution in [1.82, 2.24) is 35.7 Å². The molecule has 1 saturated carbocycles. The first-order valence-corrected chi connectivity index (χ1v) is 25.0. The highest BCUT2D eigenvalue weighted by atomic mass is 35.5. The third kappa shape index (κ3) is 11.4. The summed E-state index contributed by atoms with van der Waals surface area (Å²) >= 11 is 7.84. The van der Waals surface area contributed by atoms with Crippen molar-refractivity contribution in [3.05, 3.63) is 93.7 Å². The largest absolute Gasteiger partial charge is 0.489 e. The molecule has 15 nitrogen and oxygen atoms in total. The molecule has 3 fully saturated rings. The van der Waals surface area contributed by atoms with Crippen LogP contribution < -0.4 is 25.6 Å². The lowest BCUT2D eigenvalue weighted by atomic mass is 9.49. The predicted octanol–water partition coefficient (Wildman–Crippen LogP) is 6.92. The van der Waals surface area contributed by atoms with Crippen LogP contribution in [-0.4, -0.2) is 118 Å². The normalized spacial score (nSPS) is 21.9. The fraction of sp³-hybridized carbons (Fsp3) is 0.519. The Morgan fingerprint density at radius 2 is 1.68 bits per heavy atom. The number of halogens is 1. The standard InChI is InChI=1S/C52H66ClN9O6S/c1-31(33-12-14-34(15-13-33)43-32(2)56-30-69-43)57-46(66)40-25-37(63)29-62(40)47(67)44(50(3,4)5)58-42(64)11-10-20-60-21-23-61(24-22-60)41-19-17-36(28-55-41)45(65)59-48-51(6,7)49(52(48,8)9)68-38-18-16-35(27-54)39(53)26-38/h12-19,26,28,30-31,37,40,44,48-49,63H,10-11,20-25,29H2,1-9H3,(H,57,66)(H,58,64)(H,59,65)/t31-,37+,40-,44?,48?,49?/m0/s1. The second kappa shape index (κ2) is 20.8. The molecule has 2 aliphatic heterocycles. The van der Waals surface area contributed by atoms with Gasteiger partial charge in [0.2, 0.25) is 17.7 Å². The number of nitrogens with one attached hydrogen (secondary N) is 3. The van der Waals surface area contributed by atoms with Crippen molar-refractivity contribution < 1.29 is 29.0 Å². The average Bonchev–Trinajstić information content (AvgIpc) is 3.93. The molecule has 1 unspecified atom stereocenters. The van der Waals surface area contributed by atoms with E-state index >= 15 is 0 Å². The molecule has 4 atom stereocenters. The molecule has 368 valence electrons. The molecular formula is C52H66ClN9O6S. The first-order chi connectivity index (χ1) is 32.6. The van der Waals surface area contributed by atoms with E-state index in [1.807, 2.05) is 70.5 Å². The summed E-state index contributed by atoms with van der Waals surface area (Å²) in [6.07, 6.45) is 1.47. The Balaban J connectivity index is 0.850. The van der Waals surface area contributed by atoms with Gasteiger partial charge in [-0.05, 0) is 67.6 Å². The number of hydrogen-bond donors (Lipinski definition) is 4.